The number of rotatable bonds is 3. The highest BCUT2D eigenvalue weighted by atomic mass is 19.1. The second kappa shape index (κ2) is 5.58. The molecule has 1 aliphatic carbocycles. The van der Waals surface area contributed by atoms with E-state index in [0.717, 1.165) is 16.8 Å². The van der Waals surface area contributed by atoms with Gasteiger partial charge in [0, 0.05) is 18.3 Å². The number of aliphatic hydroxyl groups is 2. The molecule has 0 aliphatic heterocycles. The molecule has 4 rings (SSSR count). The van der Waals surface area contributed by atoms with E-state index < -0.39 is 12.2 Å². The van der Waals surface area contributed by atoms with Crippen LogP contribution < -0.4 is 4.74 Å². The van der Waals surface area contributed by atoms with Gasteiger partial charge >= 0.3 is 0 Å². The summed E-state index contributed by atoms with van der Waals surface area (Å²) < 4.78 is 21.3. The van der Waals surface area contributed by atoms with Crippen LogP contribution in [0.1, 0.15) is 28.6 Å². The predicted octanol–water partition coefficient (Wildman–Crippen LogP) is 2.31. The van der Waals surface area contributed by atoms with E-state index in [1.165, 1.54) is 12.1 Å². The topological polar surface area (TPSA) is 67.0 Å². The van der Waals surface area contributed by atoms with E-state index in [-0.39, 0.29) is 12.4 Å². The molecule has 6 heteroatoms. The second-order valence-electron chi connectivity index (χ2n) is 6.02. The van der Waals surface area contributed by atoms with Crippen molar-refractivity contribution < 1.29 is 19.3 Å². The van der Waals surface area contributed by atoms with Crippen LogP contribution >= 0.6 is 0 Å². The Hall–Kier alpha value is -2.44. The molecule has 24 heavy (non-hydrogen) atoms. The van der Waals surface area contributed by atoms with E-state index in [1.807, 2.05) is 23.6 Å². The molecule has 1 aliphatic rings. The van der Waals surface area contributed by atoms with Gasteiger partial charge in [0.2, 0.25) is 0 Å². The fraction of sp³-hybridized carbons (Fsp3) is 0.278. The molecule has 2 aromatic heterocycles. The Balaban J connectivity index is 1.75. The zero-order valence-electron chi connectivity index (χ0n) is 13.1. The van der Waals surface area contributed by atoms with Gasteiger partial charge in [-0.2, -0.15) is 0 Å². The van der Waals surface area contributed by atoms with Gasteiger partial charge in [-0.25, -0.2) is 9.37 Å². The largest absolute Gasteiger partial charge is 0.479 e. The summed E-state index contributed by atoms with van der Waals surface area (Å²) in [6.07, 6.45) is 0.894. The maximum Gasteiger partial charge on any atom is 0.180 e. The molecule has 2 N–H and O–H groups in total. The van der Waals surface area contributed by atoms with E-state index in [2.05, 4.69) is 4.98 Å². The zero-order valence-corrected chi connectivity index (χ0v) is 13.1. The number of hydrogen-bond donors (Lipinski definition) is 2. The van der Waals surface area contributed by atoms with Gasteiger partial charge in [0.05, 0.1) is 18.4 Å². The van der Waals surface area contributed by atoms with Gasteiger partial charge in [0.1, 0.15) is 5.82 Å². The molecular weight excluding hydrogens is 311 g/mol. The number of imidazole rings is 1. The second-order valence-corrected chi connectivity index (χ2v) is 6.02. The highest BCUT2D eigenvalue weighted by Gasteiger charge is 2.33. The Morgan fingerprint density at radius 2 is 2.21 bits per heavy atom. The third-order valence-electron chi connectivity index (χ3n) is 4.54. The molecule has 124 valence electrons. The van der Waals surface area contributed by atoms with Crippen molar-refractivity contribution in [3.05, 3.63) is 64.9 Å². The number of aliphatic hydroxyl groups excluding tert-OH is 2. The minimum absolute atomic E-state index is 0.152. The van der Waals surface area contributed by atoms with Crippen LogP contribution in [0.3, 0.4) is 0 Å². The van der Waals surface area contributed by atoms with E-state index in [4.69, 9.17) is 4.74 Å². The van der Waals surface area contributed by atoms with Crippen LogP contribution in [0.2, 0.25) is 0 Å². The Bertz CT molecular complexity index is 922. The van der Waals surface area contributed by atoms with Crippen molar-refractivity contribution >= 4 is 5.65 Å². The van der Waals surface area contributed by atoms with E-state index in [9.17, 15) is 14.6 Å². The Morgan fingerprint density at radius 1 is 1.38 bits per heavy atom. The lowest BCUT2D eigenvalue weighted by atomic mass is 10.1. The molecule has 0 bridgehead atoms. The Labute approximate surface area is 138 Å². The lowest BCUT2D eigenvalue weighted by Crippen LogP contribution is -2.19. The van der Waals surface area contributed by atoms with Gasteiger partial charge in [-0.1, -0.05) is 6.07 Å². The SMILES string of the molecule is Cc1c(CO)nc2c(OC3c4ccc(F)cc4CC3O)cccn12. The lowest BCUT2D eigenvalue weighted by Gasteiger charge is -2.18. The number of fused-ring (bicyclic) bond motifs is 2. The first-order valence-corrected chi connectivity index (χ1v) is 7.79. The van der Waals surface area contributed by atoms with Gasteiger partial charge in [-0.3, -0.25) is 0 Å². The number of benzene rings is 1. The van der Waals surface area contributed by atoms with Crippen molar-refractivity contribution in [2.24, 2.45) is 0 Å². The quantitative estimate of drug-likeness (QED) is 0.774. The molecule has 0 fully saturated rings. The van der Waals surface area contributed by atoms with Gasteiger partial charge in [-0.05, 0) is 42.3 Å². The molecule has 2 heterocycles. The van der Waals surface area contributed by atoms with Crippen LogP contribution in [0.15, 0.2) is 36.5 Å². The van der Waals surface area contributed by atoms with Gasteiger partial charge in [0.25, 0.3) is 0 Å². The predicted molar refractivity (Wildman–Crippen MR) is 85.3 cm³/mol. The first-order valence-electron chi connectivity index (χ1n) is 7.79. The van der Waals surface area contributed by atoms with E-state index in [0.29, 0.717) is 23.5 Å². The van der Waals surface area contributed by atoms with E-state index in [1.54, 1.807) is 12.1 Å². The Morgan fingerprint density at radius 3 is 3.00 bits per heavy atom. The van der Waals surface area contributed by atoms with Crippen LogP contribution in [-0.4, -0.2) is 25.7 Å². The highest BCUT2D eigenvalue weighted by Crippen LogP contribution is 2.37. The molecule has 0 saturated heterocycles. The number of ether oxygens (including phenoxy) is 1. The molecule has 5 nitrogen and oxygen atoms in total. The third kappa shape index (κ3) is 2.26. The summed E-state index contributed by atoms with van der Waals surface area (Å²) in [4.78, 5) is 4.41. The zero-order chi connectivity index (χ0) is 16.8. The maximum atomic E-state index is 13.4. The monoisotopic (exact) mass is 328 g/mol. The molecule has 2 atom stereocenters. The average Bonchev–Trinajstić information content (AvgIpc) is 3.05. The fourth-order valence-corrected chi connectivity index (χ4v) is 3.30. The number of halogens is 1. The minimum Gasteiger partial charge on any atom is -0.479 e. The summed E-state index contributed by atoms with van der Waals surface area (Å²) in [5, 5.41) is 19.7. The van der Waals surface area contributed by atoms with Gasteiger partial charge < -0.3 is 19.4 Å². The molecule has 0 radical (unpaired) electrons. The van der Waals surface area contributed by atoms with Crippen molar-refractivity contribution in [3.63, 3.8) is 0 Å². The molecule has 2 unspecified atom stereocenters. The van der Waals surface area contributed by atoms with Crippen LogP contribution in [0.4, 0.5) is 4.39 Å². The number of aryl methyl sites for hydroxylation is 1. The van der Waals surface area contributed by atoms with Crippen LogP contribution in [0.5, 0.6) is 5.75 Å². The molecule has 0 spiro atoms. The summed E-state index contributed by atoms with van der Waals surface area (Å²) in [5.41, 5.74) is 3.56. The normalized spacial score (nSPS) is 19.7. The van der Waals surface area contributed by atoms with Gasteiger partial charge in [0.15, 0.2) is 17.5 Å². The van der Waals surface area contributed by atoms with Crippen LogP contribution in [0.25, 0.3) is 5.65 Å². The molecule has 1 aromatic carbocycles. The number of nitrogens with zero attached hydrogens (tertiary/aromatic N) is 2. The lowest BCUT2D eigenvalue weighted by molar-refractivity contribution is 0.0502. The molecule has 0 saturated carbocycles. The first-order chi connectivity index (χ1) is 11.6. The smallest absolute Gasteiger partial charge is 0.180 e. The Kier molecular flexibility index (Phi) is 3.51. The van der Waals surface area contributed by atoms with Crippen LogP contribution in [-0.2, 0) is 13.0 Å². The minimum atomic E-state index is -0.740. The standard InChI is InChI=1S/C18H17FN2O3/c1-10-14(9-22)20-18-16(3-2-6-21(10)18)24-17-13-5-4-12(19)7-11(13)8-15(17)23/h2-7,15,17,22-23H,8-9H2,1H3. The summed E-state index contributed by atoms with van der Waals surface area (Å²) >= 11 is 0. The number of hydrogen-bond acceptors (Lipinski definition) is 4. The van der Waals surface area contributed by atoms with Crippen LogP contribution in [0, 0.1) is 12.7 Å². The average molecular weight is 328 g/mol. The number of pyridine rings is 1. The highest BCUT2D eigenvalue weighted by molar-refractivity contribution is 5.56. The summed E-state index contributed by atoms with van der Waals surface area (Å²) in [6.45, 7) is 1.72. The summed E-state index contributed by atoms with van der Waals surface area (Å²) in [6, 6.07) is 8.06. The van der Waals surface area contributed by atoms with Crippen molar-refractivity contribution in [3.8, 4) is 5.75 Å². The van der Waals surface area contributed by atoms with Crippen molar-refractivity contribution in [2.45, 2.75) is 32.2 Å². The summed E-state index contributed by atoms with van der Waals surface area (Å²) in [5.74, 6) is 0.196. The summed E-state index contributed by atoms with van der Waals surface area (Å²) in [7, 11) is 0. The maximum absolute atomic E-state index is 13.4. The van der Waals surface area contributed by atoms with Crippen molar-refractivity contribution in [1.29, 1.82) is 0 Å². The number of aromatic nitrogens is 2. The first kappa shape index (κ1) is 15.1. The molecule has 0 amide bonds. The van der Waals surface area contributed by atoms with Crippen molar-refractivity contribution in [1.82, 2.24) is 9.38 Å². The third-order valence-corrected chi connectivity index (χ3v) is 4.54. The molecule has 3 aromatic rings. The molecular formula is C18H17FN2O3. The van der Waals surface area contributed by atoms with Gasteiger partial charge in [-0.15, -0.1) is 0 Å². The van der Waals surface area contributed by atoms with E-state index >= 15 is 0 Å². The fourth-order valence-electron chi connectivity index (χ4n) is 3.30. The van der Waals surface area contributed by atoms with Crippen molar-refractivity contribution in [2.75, 3.05) is 0 Å².